The number of hydrogen-bond donors (Lipinski definition) is 2. The third-order valence-electron chi connectivity index (χ3n) is 4.93. The van der Waals surface area contributed by atoms with Gasteiger partial charge in [0.05, 0.1) is 11.1 Å². The average Bonchev–Trinajstić information content (AvgIpc) is 2.96. The molecule has 6 nitrogen and oxygen atoms in total. The Bertz CT molecular complexity index is 737. The van der Waals surface area contributed by atoms with Gasteiger partial charge in [0.15, 0.2) is 0 Å². The van der Waals surface area contributed by atoms with Crippen molar-refractivity contribution >= 4 is 17.6 Å². The molecule has 8 heteroatoms. The molecule has 2 fully saturated rings. The number of carbonyl (C=O) groups excluding carboxylic acids is 1. The fraction of sp³-hybridized carbons (Fsp3) is 0.533. The van der Waals surface area contributed by atoms with Crippen LogP contribution in [0.25, 0.3) is 0 Å². The number of carboxylic acids is 1. The van der Waals surface area contributed by atoms with Crippen LogP contribution in [0.4, 0.5) is 14.5 Å². The maximum atomic E-state index is 13.6. The van der Waals surface area contributed by atoms with Crippen LogP contribution in [0.15, 0.2) is 23.1 Å². The van der Waals surface area contributed by atoms with Crippen molar-refractivity contribution in [2.75, 3.05) is 5.32 Å². The summed E-state index contributed by atoms with van der Waals surface area (Å²) >= 11 is 0. The van der Waals surface area contributed by atoms with E-state index in [2.05, 4.69) is 5.32 Å². The van der Waals surface area contributed by atoms with Gasteiger partial charge >= 0.3 is 5.97 Å². The number of anilines is 1. The maximum Gasteiger partial charge on any atom is 0.313 e. The summed E-state index contributed by atoms with van der Waals surface area (Å²) in [4.78, 5) is 34.4. The quantitative estimate of drug-likeness (QED) is 0.879. The number of pyridine rings is 1. The largest absolute Gasteiger partial charge is 0.481 e. The number of alkyl halides is 2. The minimum atomic E-state index is -3.23. The SMILES string of the molecule is CCn1cc(NC(=O)C2CC3(C2)C(C(=O)O)C3(F)F)ccc1=O. The molecule has 0 radical (unpaired) electrons. The Kier molecular flexibility index (Phi) is 3.31. The zero-order valence-corrected chi connectivity index (χ0v) is 12.4. The van der Waals surface area contributed by atoms with E-state index in [1.165, 1.54) is 22.9 Å². The molecule has 2 saturated carbocycles. The highest BCUT2D eigenvalue weighted by Gasteiger charge is 2.87. The minimum Gasteiger partial charge on any atom is -0.481 e. The normalized spacial score (nSPS) is 30.6. The van der Waals surface area contributed by atoms with Gasteiger partial charge in [-0.25, -0.2) is 8.78 Å². The van der Waals surface area contributed by atoms with Crippen LogP contribution < -0.4 is 10.9 Å². The van der Waals surface area contributed by atoms with Crippen molar-refractivity contribution in [1.29, 1.82) is 0 Å². The second kappa shape index (κ2) is 4.87. The highest BCUT2D eigenvalue weighted by molar-refractivity contribution is 5.94. The number of rotatable bonds is 4. The summed E-state index contributed by atoms with van der Waals surface area (Å²) in [5.74, 6) is -7.48. The van der Waals surface area contributed by atoms with Crippen molar-refractivity contribution in [3.8, 4) is 0 Å². The van der Waals surface area contributed by atoms with E-state index in [1.54, 1.807) is 6.92 Å². The Morgan fingerprint density at radius 3 is 2.57 bits per heavy atom. The minimum absolute atomic E-state index is 0.129. The fourth-order valence-electron chi connectivity index (χ4n) is 3.51. The number of nitrogens with one attached hydrogen (secondary N) is 1. The van der Waals surface area contributed by atoms with E-state index < -0.39 is 35.0 Å². The summed E-state index contributed by atoms with van der Waals surface area (Å²) < 4.78 is 28.6. The summed E-state index contributed by atoms with van der Waals surface area (Å²) in [5.41, 5.74) is -1.34. The number of carbonyl (C=O) groups is 2. The molecule has 1 aromatic heterocycles. The predicted molar refractivity (Wildman–Crippen MR) is 76.2 cm³/mol. The second-order valence-electron chi connectivity index (χ2n) is 6.19. The van der Waals surface area contributed by atoms with Crippen LogP contribution in [-0.2, 0) is 16.1 Å². The first-order valence-electron chi connectivity index (χ1n) is 7.35. The lowest BCUT2D eigenvalue weighted by Crippen LogP contribution is -2.39. The summed E-state index contributed by atoms with van der Waals surface area (Å²) in [7, 11) is 0. The number of aryl methyl sites for hydroxylation is 1. The molecule has 0 bridgehead atoms. The molecular weight excluding hydrogens is 310 g/mol. The van der Waals surface area contributed by atoms with Gasteiger partial charge in [-0.1, -0.05) is 0 Å². The Balaban J connectivity index is 1.64. The van der Waals surface area contributed by atoms with Crippen molar-refractivity contribution in [2.45, 2.75) is 32.2 Å². The smallest absolute Gasteiger partial charge is 0.313 e. The lowest BCUT2D eigenvalue weighted by Gasteiger charge is -2.34. The van der Waals surface area contributed by atoms with Gasteiger partial charge in [-0.05, 0) is 25.8 Å². The molecule has 1 unspecified atom stereocenters. The first kappa shape index (κ1) is 15.6. The van der Waals surface area contributed by atoms with Crippen LogP contribution in [0.5, 0.6) is 0 Å². The van der Waals surface area contributed by atoms with Crippen molar-refractivity contribution in [1.82, 2.24) is 4.57 Å². The molecule has 1 aromatic rings. The Morgan fingerprint density at radius 2 is 2.04 bits per heavy atom. The van der Waals surface area contributed by atoms with E-state index in [-0.39, 0.29) is 18.4 Å². The second-order valence-corrected chi connectivity index (χ2v) is 6.19. The first-order valence-corrected chi connectivity index (χ1v) is 7.35. The summed E-state index contributed by atoms with van der Waals surface area (Å²) in [6.45, 7) is 2.23. The summed E-state index contributed by atoms with van der Waals surface area (Å²) in [6.07, 6.45) is 1.23. The van der Waals surface area contributed by atoms with Gasteiger partial charge in [-0.15, -0.1) is 0 Å². The van der Waals surface area contributed by atoms with Crippen LogP contribution in [0.2, 0.25) is 0 Å². The van der Waals surface area contributed by atoms with Gasteiger partial charge in [0.2, 0.25) is 5.91 Å². The lowest BCUT2D eigenvalue weighted by molar-refractivity contribution is -0.142. The van der Waals surface area contributed by atoms with Crippen molar-refractivity contribution < 1.29 is 23.5 Å². The monoisotopic (exact) mass is 326 g/mol. The highest BCUT2D eigenvalue weighted by Crippen LogP contribution is 2.76. The average molecular weight is 326 g/mol. The summed E-state index contributed by atoms with van der Waals surface area (Å²) in [5, 5.41) is 11.4. The van der Waals surface area contributed by atoms with Crippen molar-refractivity contribution in [3.05, 3.63) is 28.7 Å². The Morgan fingerprint density at radius 1 is 1.39 bits per heavy atom. The van der Waals surface area contributed by atoms with E-state index in [4.69, 9.17) is 5.11 Å². The van der Waals surface area contributed by atoms with Crippen molar-refractivity contribution in [3.63, 3.8) is 0 Å². The molecule has 1 amide bonds. The number of nitrogens with zero attached hydrogens (tertiary/aromatic N) is 1. The van der Waals surface area contributed by atoms with Crippen LogP contribution in [0.3, 0.4) is 0 Å². The molecule has 2 aliphatic carbocycles. The zero-order valence-electron chi connectivity index (χ0n) is 12.4. The van der Waals surface area contributed by atoms with E-state index in [9.17, 15) is 23.2 Å². The van der Waals surface area contributed by atoms with E-state index in [0.29, 0.717) is 12.2 Å². The molecule has 0 aliphatic heterocycles. The fourth-order valence-corrected chi connectivity index (χ4v) is 3.51. The number of amides is 1. The number of aromatic nitrogens is 1. The van der Waals surface area contributed by atoms with Crippen LogP contribution in [0, 0.1) is 17.3 Å². The van der Waals surface area contributed by atoms with Crippen LogP contribution in [0.1, 0.15) is 19.8 Å². The number of hydrogen-bond acceptors (Lipinski definition) is 3. The topological polar surface area (TPSA) is 88.4 Å². The predicted octanol–water partition coefficient (Wildman–Crippen LogP) is 1.55. The lowest BCUT2D eigenvalue weighted by atomic mass is 9.69. The molecule has 23 heavy (non-hydrogen) atoms. The van der Waals surface area contributed by atoms with E-state index in [1.807, 2.05) is 0 Å². The molecule has 2 N–H and O–H groups in total. The zero-order chi connectivity index (χ0) is 17.0. The van der Waals surface area contributed by atoms with Crippen LogP contribution >= 0.6 is 0 Å². The van der Waals surface area contributed by atoms with Gasteiger partial charge in [0.25, 0.3) is 11.5 Å². The van der Waals surface area contributed by atoms with E-state index >= 15 is 0 Å². The maximum absolute atomic E-state index is 13.6. The Labute approximate surface area is 130 Å². The van der Waals surface area contributed by atoms with Crippen LogP contribution in [-0.4, -0.2) is 27.5 Å². The van der Waals surface area contributed by atoms with E-state index in [0.717, 1.165) is 0 Å². The third-order valence-corrected chi connectivity index (χ3v) is 4.93. The molecule has 1 spiro atoms. The molecule has 1 atom stereocenters. The standard InChI is InChI=1S/C15H16F2N2O4/c1-2-19-7-9(3-4-10(19)20)18-12(21)8-5-14(6-8)11(13(22)23)15(14,16)17/h3-4,7-8,11H,2,5-6H2,1H3,(H,18,21)(H,22,23). The van der Waals surface area contributed by atoms with Gasteiger partial charge in [0, 0.05) is 24.7 Å². The molecule has 0 saturated heterocycles. The number of halogens is 2. The first-order chi connectivity index (χ1) is 10.7. The number of aliphatic carboxylic acids is 1. The highest BCUT2D eigenvalue weighted by atomic mass is 19.3. The molecule has 0 aromatic carbocycles. The van der Waals surface area contributed by atoms with Gasteiger partial charge in [0.1, 0.15) is 5.92 Å². The molecular formula is C15H16F2N2O4. The van der Waals surface area contributed by atoms with Gasteiger partial charge < -0.3 is 15.0 Å². The third kappa shape index (κ3) is 2.15. The van der Waals surface area contributed by atoms with Gasteiger partial charge in [-0.2, -0.15) is 0 Å². The van der Waals surface area contributed by atoms with Gasteiger partial charge in [-0.3, -0.25) is 14.4 Å². The van der Waals surface area contributed by atoms with Crippen molar-refractivity contribution in [2.24, 2.45) is 17.3 Å². The number of carboxylic acid groups (broad SMARTS) is 1. The Hall–Kier alpha value is -2.25. The molecule has 124 valence electrons. The molecule has 2 aliphatic rings. The molecule has 3 rings (SSSR count). The molecule has 1 heterocycles. The summed E-state index contributed by atoms with van der Waals surface area (Å²) in [6, 6.07) is 2.77.